The summed E-state index contributed by atoms with van der Waals surface area (Å²) in [6, 6.07) is 11.1. The molecule has 8 nitrogen and oxygen atoms in total. The number of H-pyrrole nitrogens is 1. The highest BCUT2D eigenvalue weighted by molar-refractivity contribution is 7.89. The highest BCUT2D eigenvalue weighted by atomic mass is 32.2. The van der Waals surface area contributed by atoms with E-state index >= 15 is 0 Å². The molecule has 3 rings (SSSR count). The molecular formula is C17H17N3O5S. The van der Waals surface area contributed by atoms with Crippen LogP contribution in [0.15, 0.2) is 61.7 Å². The molecule has 3 aromatic rings. The van der Waals surface area contributed by atoms with Gasteiger partial charge in [0.15, 0.2) is 5.58 Å². The van der Waals surface area contributed by atoms with Crippen LogP contribution in [-0.2, 0) is 10.0 Å². The number of oxazole rings is 1. The van der Waals surface area contributed by atoms with Gasteiger partial charge in [0.05, 0.1) is 22.7 Å². The molecule has 0 radical (unpaired) electrons. The van der Waals surface area contributed by atoms with E-state index in [9.17, 15) is 13.2 Å². The second kappa shape index (κ2) is 7.04. The van der Waals surface area contributed by atoms with Crippen molar-refractivity contribution in [2.75, 3.05) is 0 Å². The van der Waals surface area contributed by atoms with E-state index in [1.165, 1.54) is 24.4 Å². The zero-order valence-electron chi connectivity index (χ0n) is 14.1. The second-order valence-electron chi connectivity index (χ2n) is 5.76. The maximum Gasteiger partial charge on any atom is 0.417 e. The van der Waals surface area contributed by atoms with Crippen LogP contribution in [0.1, 0.15) is 19.4 Å². The number of hydrogen-bond donors (Lipinski definition) is 2. The van der Waals surface area contributed by atoms with Gasteiger partial charge in [-0.25, -0.2) is 9.63 Å². The van der Waals surface area contributed by atoms with E-state index in [1.54, 1.807) is 24.3 Å². The van der Waals surface area contributed by atoms with Crippen molar-refractivity contribution in [1.82, 2.24) is 9.82 Å². The average Bonchev–Trinajstić information content (AvgIpc) is 2.95. The monoisotopic (exact) mass is 375 g/mol. The standard InChI is InChI=1S/C17H17N3O5S/c1-11(2)24-13-5-3-12(4-6-13)10-18-20-26(22,23)14-7-8-15-16(9-14)25-17(21)19-15/h3-11,20H,1-2H3,(H,19,21)/b18-10+. The number of nitrogens with zero attached hydrogens (tertiary/aromatic N) is 1. The number of hydrazone groups is 1. The number of benzene rings is 2. The van der Waals surface area contributed by atoms with Crippen molar-refractivity contribution in [2.45, 2.75) is 24.8 Å². The Morgan fingerprint density at radius 3 is 2.62 bits per heavy atom. The Morgan fingerprint density at radius 2 is 1.92 bits per heavy atom. The van der Waals surface area contributed by atoms with Gasteiger partial charge in [-0.2, -0.15) is 13.5 Å². The molecule has 136 valence electrons. The Kier molecular flexibility index (Phi) is 4.81. The predicted octanol–water partition coefficient (Wildman–Crippen LogP) is 2.22. The van der Waals surface area contributed by atoms with Gasteiger partial charge in [0.2, 0.25) is 0 Å². The first-order valence-corrected chi connectivity index (χ1v) is 9.26. The molecule has 0 bridgehead atoms. The Morgan fingerprint density at radius 1 is 1.19 bits per heavy atom. The summed E-state index contributed by atoms with van der Waals surface area (Å²) in [5, 5.41) is 3.76. The van der Waals surface area contributed by atoms with Gasteiger partial charge in [-0.05, 0) is 55.8 Å². The van der Waals surface area contributed by atoms with Gasteiger partial charge in [-0.3, -0.25) is 4.98 Å². The van der Waals surface area contributed by atoms with E-state index in [0.29, 0.717) is 11.1 Å². The third kappa shape index (κ3) is 4.12. The molecule has 0 fully saturated rings. The van der Waals surface area contributed by atoms with Crippen LogP contribution in [0, 0.1) is 0 Å². The van der Waals surface area contributed by atoms with Gasteiger partial charge in [-0.1, -0.05) is 0 Å². The van der Waals surface area contributed by atoms with Crippen molar-refractivity contribution in [1.29, 1.82) is 0 Å². The van der Waals surface area contributed by atoms with Crippen molar-refractivity contribution in [2.24, 2.45) is 5.10 Å². The minimum atomic E-state index is -3.89. The average molecular weight is 375 g/mol. The molecule has 0 aliphatic rings. The number of aromatic nitrogens is 1. The number of rotatable bonds is 6. The third-order valence-corrected chi connectivity index (χ3v) is 4.56. The first kappa shape index (κ1) is 17.7. The summed E-state index contributed by atoms with van der Waals surface area (Å²) in [6.07, 6.45) is 1.45. The van der Waals surface area contributed by atoms with E-state index in [4.69, 9.17) is 9.15 Å². The molecule has 26 heavy (non-hydrogen) atoms. The van der Waals surface area contributed by atoms with Crippen molar-refractivity contribution < 1.29 is 17.6 Å². The Bertz CT molecular complexity index is 1100. The number of hydrogen-bond acceptors (Lipinski definition) is 6. The van der Waals surface area contributed by atoms with Gasteiger partial charge < -0.3 is 9.15 Å². The SMILES string of the molecule is CC(C)Oc1ccc(/C=N/NS(=O)(=O)c2ccc3[nH]c(=O)oc3c2)cc1. The fourth-order valence-corrected chi connectivity index (χ4v) is 3.03. The first-order valence-electron chi connectivity index (χ1n) is 7.78. The van der Waals surface area contributed by atoms with Crippen LogP contribution in [0.25, 0.3) is 11.1 Å². The highest BCUT2D eigenvalue weighted by Gasteiger charge is 2.14. The summed E-state index contributed by atoms with van der Waals surface area (Å²) in [5.74, 6) is 0.0736. The van der Waals surface area contributed by atoms with Crippen LogP contribution in [-0.4, -0.2) is 25.7 Å². The van der Waals surface area contributed by atoms with Gasteiger partial charge in [0.1, 0.15) is 5.75 Å². The minimum Gasteiger partial charge on any atom is -0.491 e. The third-order valence-electron chi connectivity index (χ3n) is 3.34. The second-order valence-corrected chi connectivity index (χ2v) is 7.42. The molecule has 1 aromatic heterocycles. The normalized spacial score (nSPS) is 12.1. The molecule has 9 heteroatoms. The fourth-order valence-electron chi connectivity index (χ4n) is 2.22. The Hall–Kier alpha value is -3.07. The zero-order valence-corrected chi connectivity index (χ0v) is 14.9. The van der Waals surface area contributed by atoms with Gasteiger partial charge in [0.25, 0.3) is 10.0 Å². The molecule has 2 aromatic carbocycles. The number of nitrogens with one attached hydrogen (secondary N) is 2. The summed E-state index contributed by atoms with van der Waals surface area (Å²) in [5.41, 5.74) is 1.28. The largest absolute Gasteiger partial charge is 0.491 e. The van der Waals surface area contributed by atoms with E-state index < -0.39 is 15.8 Å². The molecule has 0 atom stereocenters. The van der Waals surface area contributed by atoms with E-state index in [-0.39, 0.29) is 16.6 Å². The predicted molar refractivity (Wildman–Crippen MR) is 97.0 cm³/mol. The number of aromatic amines is 1. The van der Waals surface area contributed by atoms with Crippen LogP contribution < -0.4 is 15.3 Å². The molecule has 0 unspecified atom stereocenters. The Labute approximate surface area is 149 Å². The Balaban J connectivity index is 1.72. The highest BCUT2D eigenvalue weighted by Crippen LogP contribution is 2.16. The van der Waals surface area contributed by atoms with Crippen LogP contribution in [0.5, 0.6) is 5.75 Å². The summed E-state index contributed by atoms with van der Waals surface area (Å²) in [6.45, 7) is 3.86. The van der Waals surface area contributed by atoms with Crippen molar-refractivity contribution >= 4 is 27.3 Å². The van der Waals surface area contributed by atoms with Crippen LogP contribution in [0.2, 0.25) is 0 Å². The molecule has 0 aliphatic heterocycles. The number of fused-ring (bicyclic) bond motifs is 1. The van der Waals surface area contributed by atoms with E-state index in [1.807, 2.05) is 13.8 Å². The molecular weight excluding hydrogens is 358 g/mol. The van der Waals surface area contributed by atoms with Gasteiger partial charge >= 0.3 is 5.76 Å². The molecule has 1 heterocycles. The number of ether oxygens (including phenoxy) is 1. The summed E-state index contributed by atoms with van der Waals surface area (Å²) < 4.78 is 34.9. The van der Waals surface area contributed by atoms with Gasteiger partial charge in [-0.15, -0.1) is 0 Å². The number of sulfonamides is 1. The molecule has 0 saturated heterocycles. The lowest BCUT2D eigenvalue weighted by atomic mass is 10.2. The van der Waals surface area contributed by atoms with E-state index in [0.717, 1.165) is 5.75 Å². The fraction of sp³-hybridized carbons (Fsp3) is 0.176. The molecule has 0 amide bonds. The summed E-state index contributed by atoms with van der Waals surface area (Å²) in [7, 11) is -3.89. The van der Waals surface area contributed by atoms with Gasteiger partial charge in [0, 0.05) is 6.07 Å². The molecule has 0 saturated carbocycles. The van der Waals surface area contributed by atoms with Crippen molar-refractivity contribution in [3.05, 3.63) is 58.6 Å². The lowest BCUT2D eigenvalue weighted by molar-refractivity contribution is 0.242. The lowest BCUT2D eigenvalue weighted by Crippen LogP contribution is -2.18. The quantitative estimate of drug-likeness (QED) is 0.506. The van der Waals surface area contributed by atoms with Crippen LogP contribution in [0.4, 0.5) is 0 Å². The van der Waals surface area contributed by atoms with E-state index in [2.05, 4.69) is 14.9 Å². The first-order chi connectivity index (χ1) is 12.3. The van der Waals surface area contributed by atoms with Crippen molar-refractivity contribution in [3.8, 4) is 5.75 Å². The topological polar surface area (TPSA) is 114 Å². The maximum absolute atomic E-state index is 12.3. The molecule has 0 aliphatic carbocycles. The van der Waals surface area contributed by atoms with Crippen molar-refractivity contribution in [3.63, 3.8) is 0 Å². The summed E-state index contributed by atoms with van der Waals surface area (Å²) in [4.78, 5) is 15.6. The zero-order chi connectivity index (χ0) is 18.7. The maximum atomic E-state index is 12.3. The minimum absolute atomic E-state index is 0.0643. The van der Waals surface area contributed by atoms with Crippen LogP contribution in [0.3, 0.4) is 0 Å². The molecule has 0 spiro atoms. The van der Waals surface area contributed by atoms with Crippen LogP contribution >= 0.6 is 0 Å². The molecule has 2 N–H and O–H groups in total. The lowest BCUT2D eigenvalue weighted by Gasteiger charge is -2.09. The smallest absolute Gasteiger partial charge is 0.417 e. The summed E-state index contributed by atoms with van der Waals surface area (Å²) >= 11 is 0.